The Morgan fingerprint density at radius 3 is 2.61 bits per heavy atom. The topological polar surface area (TPSA) is 27.6 Å². The van der Waals surface area contributed by atoms with Crippen molar-refractivity contribution in [3.8, 4) is 0 Å². The maximum atomic E-state index is 4.54. The molecule has 0 amide bonds. The Hall–Kier alpha value is -0.550. The molecule has 0 spiro atoms. The van der Waals surface area contributed by atoms with E-state index in [0.717, 1.165) is 46.6 Å². The second-order valence-corrected chi connectivity index (χ2v) is 5.92. The molecule has 0 saturated heterocycles. The predicted octanol–water partition coefficient (Wildman–Crippen LogP) is 3.78. The van der Waals surface area contributed by atoms with Gasteiger partial charge in [-0.15, -0.1) is 0 Å². The van der Waals surface area contributed by atoms with Gasteiger partial charge in [0.2, 0.25) is 0 Å². The van der Waals surface area contributed by atoms with Crippen LogP contribution in [0.4, 0.5) is 5.69 Å². The van der Waals surface area contributed by atoms with Gasteiger partial charge in [-0.05, 0) is 50.4 Å². The van der Waals surface area contributed by atoms with Crippen molar-refractivity contribution in [1.29, 1.82) is 0 Å². The van der Waals surface area contributed by atoms with Gasteiger partial charge in [-0.3, -0.25) is 4.99 Å². The summed E-state index contributed by atoms with van der Waals surface area (Å²) in [7, 11) is 0. The van der Waals surface area contributed by atoms with Gasteiger partial charge < -0.3 is 10.2 Å². The molecular formula is C13H17Br2N3. The summed E-state index contributed by atoms with van der Waals surface area (Å²) < 4.78 is 2.17. The van der Waals surface area contributed by atoms with E-state index in [-0.39, 0.29) is 0 Å². The van der Waals surface area contributed by atoms with Crippen molar-refractivity contribution in [2.45, 2.75) is 19.8 Å². The molecule has 0 unspecified atom stereocenters. The highest BCUT2D eigenvalue weighted by Gasteiger charge is 2.20. The van der Waals surface area contributed by atoms with Gasteiger partial charge in [0.05, 0.1) is 12.2 Å². The number of anilines is 1. The summed E-state index contributed by atoms with van der Waals surface area (Å²) in [6.45, 7) is 4.97. The zero-order chi connectivity index (χ0) is 13.0. The third-order valence-electron chi connectivity index (χ3n) is 2.85. The Morgan fingerprint density at radius 1 is 1.33 bits per heavy atom. The van der Waals surface area contributed by atoms with Crippen LogP contribution in [0.25, 0.3) is 0 Å². The number of rotatable bonds is 4. The maximum Gasteiger partial charge on any atom is 0.198 e. The van der Waals surface area contributed by atoms with Crippen molar-refractivity contribution in [3.63, 3.8) is 0 Å². The molecule has 0 aliphatic carbocycles. The van der Waals surface area contributed by atoms with Gasteiger partial charge in [0.1, 0.15) is 0 Å². The first-order valence-corrected chi connectivity index (χ1v) is 7.82. The number of benzene rings is 1. The van der Waals surface area contributed by atoms with Gasteiger partial charge in [0.25, 0.3) is 0 Å². The summed E-state index contributed by atoms with van der Waals surface area (Å²) in [6.07, 6.45) is 2.32. The fourth-order valence-electron chi connectivity index (χ4n) is 1.95. The minimum absolute atomic E-state index is 0.861. The minimum atomic E-state index is 0.861. The summed E-state index contributed by atoms with van der Waals surface area (Å²) >= 11 is 7.26. The van der Waals surface area contributed by atoms with E-state index in [9.17, 15) is 0 Å². The third-order valence-corrected chi connectivity index (χ3v) is 4.13. The van der Waals surface area contributed by atoms with E-state index >= 15 is 0 Å². The first-order valence-electron chi connectivity index (χ1n) is 6.24. The van der Waals surface area contributed by atoms with Gasteiger partial charge in [-0.25, -0.2) is 0 Å². The first kappa shape index (κ1) is 13.9. The minimum Gasteiger partial charge on any atom is -0.354 e. The van der Waals surface area contributed by atoms with Crippen molar-refractivity contribution in [2.75, 3.05) is 24.5 Å². The van der Waals surface area contributed by atoms with E-state index in [2.05, 4.69) is 66.1 Å². The Labute approximate surface area is 125 Å². The molecular weight excluding hydrogens is 358 g/mol. The van der Waals surface area contributed by atoms with Crippen molar-refractivity contribution in [3.05, 3.63) is 27.1 Å². The summed E-state index contributed by atoms with van der Waals surface area (Å²) in [5.41, 5.74) is 1.15. The van der Waals surface area contributed by atoms with E-state index in [0.29, 0.717) is 0 Å². The standard InChI is InChI=1S/C13H17Br2N3/c1-2-3-9-18(13-16-7-8-17-13)12-10(14)5-4-6-11(12)15/h4-6H,2-3,7-9H2,1H3,(H,16,17). The summed E-state index contributed by atoms with van der Waals surface area (Å²) in [6, 6.07) is 6.16. The summed E-state index contributed by atoms with van der Waals surface area (Å²) in [5.74, 6) is 0.982. The number of hydrogen-bond donors (Lipinski definition) is 1. The molecule has 1 aliphatic rings. The molecule has 98 valence electrons. The van der Waals surface area contributed by atoms with E-state index in [1.165, 1.54) is 6.42 Å². The Balaban J connectivity index is 2.33. The molecule has 1 aliphatic heterocycles. The monoisotopic (exact) mass is 373 g/mol. The molecule has 0 saturated carbocycles. The molecule has 1 N–H and O–H groups in total. The molecule has 5 heteroatoms. The maximum absolute atomic E-state index is 4.54. The number of guanidine groups is 1. The molecule has 0 atom stereocenters. The number of unbranched alkanes of at least 4 members (excludes halogenated alkanes) is 1. The number of nitrogens with zero attached hydrogens (tertiary/aromatic N) is 2. The largest absolute Gasteiger partial charge is 0.354 e. The smallest absolute Gasteiger partial charge is 0.198 e. The average molecular weight is 375 g/mol. The lowest BCUT2D eigenvalue weighted by molar-refractivity contribution is 0.785. The number of nitrogens with one attached hydrogen (secondary N) is 1. The molecule has 1 aromatic rings. The lowest BCUT2D eigenvalue weighted by Crippen LogP contribution is -2.39. The normalized spacial score (nSPS) is 14.3. The summed E-state index contributed by atoms with van der Waals surface area (Å²) in [4.78, 5) is 6.79. The molecule has 0 aromatic heterocycles. The molecule has 2 rings (SSSR count). The van der Waals surface area contributed by atoms with Crippen molar-refractivity contribution in [1.82, 2.24) is 5.32 Å². The van der Waals surface area contributed by atoms with Crippen LogP contribution in [0.3, 0.4) is 0 Å². The van der Waals surface area contributed by atoms with Crippen LogP contribution in [-0.4, -0.2) is 25.6 Å². The van der Waals surface area contributed by atoms with Crippen LogP contribution in [0.5, 0.6) is 0 Å². The molecule has 1 aromatic carbocycles. The Morgan fingerprint density at radius 2 is 2.06 bits per heavy atom. The quantitative estimate of drug-likeness (QED) is 0.868. The van der Waals surface area contributed by atoms with Crippen LogP contribution in [0.2, 0.25) is 0 Å². The van der Waals surface area contributed by atoms with Crippen LogP contribution in [0.1, 0.15) is 19.8 Å². The lowest BCUT2D eigenvalue weighted by Gasteiger charge is -2.26. The van der Waals surface area contributed by atoms with Crippen molar-refractivity contribution < 1.29 is 0 Å². The predicted molar refractivity (Wildman–Crippen MR) is 84.4 cm³/mol. The van der Waals surface area contributed by atoms with Gasteiger partial charge in [-0.2, -0.15) is 0 Å². The van der Waals surface area contributed by atoms with Gasteiger partial charge in [0.15, 0.2) is 5.96 Å². The molecule has 0 bridgehead atoms. The van der Waals surface area contributed by atoms with Gasteiger partial charge in [0, 0.05) is 22.0 Å². The zero-order valence-electron chi connectivity index (χ0n) is 10.4. The average Bonchev–Trinajstić information content (AvgIpc) is 2.86. The van der Waals surface area contributed by atoms with Gasteiger partial charge >= 0.3 is 0 Å². The van der Waals surface area contributed by atoms with E-state index < -0.39 is 0 Å². The molecule has 1 heterocycles. The summed E-state index contributed by atoms with van der Waals surface area (Å²) in [5, 5.41) is 3.35. The second-order valence-electron chi connectivity index (χ2n) is 4.21. The number of hydrogen-bond acceptors (Lipinski definition) is 3. The van der Waals surface area contributed by atoms with E-state index in [1.54, 1.807) is 0 Å². The molecule has 18 heavy (non-hydrogen) atoms. The fourth-order valence-corrected chi connectivity index (χ4v) is 3.38. The van der Waals surface area contributed by atoms with Crippen LogP contribution in [-0.2, 0) is 0 Å². The van der Waals surface area contributed by atoms with Crippen LogP contribution < -0.4 is 10.2 Å². The molecule has 3 nitrogen and oxygen atoms in total. The fraction of sp³-hybridized carbons (Fsp3) is 0.462. The van der Waals surface area contributed by atoms with E-state index in [4.69, 9.17) is 0 Å². The Kier molecular flexibility index (Phi) is 5.06. The Bertz CT molecular complexity index is 426. The van der Waals surface area contributed by atoms with Crippen LogP contribution >= 0.6 is 31.9 Å². The first-order chi connectivity index (χ1) is 8.74. The van der Waals surface area contributed by atoms with Crippen LogP contribution in [0.15, 0.2) is 32.1 Å². The molecule has 0 fully saturated rings. The molecule has 0 radical (unpaired) electrons. The third kappa shape index (κ3) is 3.06. The number of para-hydroxylation sites is 1. The number of aliphatic imine (C=N–C) groups is 1. The van der Waals surface area contributed by atoms with Crippen molar-refractivity contribution >= 4 is 43.5 Å². The second kappa shape index (κ2) is 6.57. The van der Waals surface area contributed by atoms with Crippen molar-refractivity contribution in [2.24, 2.45) is 4.99 Å². The highest BCUT2D eigenvalue weighted by atomic mass is 79.9. The zero-order valence-corrected chi connectivity index (χ0v) is 13.6. The number of halogens is 2. The lowest BCUT2D eigenvalue weighted by atomic mass is 10.2. The van der Waals surface area contributed by atoms with Crippen LogP contribution in [0, 0.1) is 0 Å². The van der Waals surface area contributed by atoms with E-state index in [1.807, 2.05) is 6.07 Å². The highest BCUT2D eigenvalue weighted by Crippen LogP contribution is 2.34. The highest BCUT2D eigenvalue weighted by molar-refractivity contribution is 9.11. The SMILES string of the molecule is CCCCN(C1=NCCN1)c1c(Br)cccc1Br. The van der Waals surface area contributed by atoms with Gasteiger partial charge in [-0.1, -0.05) is 19.4 Å².